The summed E-state index contributed by atoms with van der Waals surface area (Å²) in [5, 5.41) is 1.46. The standard InChI is InChI=1S/C23H19ClFN3O4S/c24-18-13-16(25)7-8-17(18)23(30)27-11-9-26(10-12-27)21(29)14-28-19-5-1-3-15-4-2-6-20(22(15)19)33(28,31)32/h1-8,13H,9-12,14H2. The van der Waals surface area contributed by atoms with Crippen molar-refractivity contribution in [1.29, 1.82) is 0 Å². The summed E-state index contributed by atoms with van der Waals surface area (Å²) in [5.74, 6) is -1.20. The van der Waals surface area contributed by atoms with Crippen LogP contribution < -0.4 is 4.31 Å². The highest BCUT2D eigenvalue weighted by Gasteiger charge is 2.38. The number of hydrogen-bond acceptors (Lipinski definition) is 4. The number of piperazine rings is 1. The Labute approximate surface area is 195 Å². The fourth-order valence-electron chi connectivity index (χ4n) is 4.34. The number of halogens is 2. The van der Waals surface area contributed by atoms with Gasteiger partial charge in [0.25, 0.3) is 15.9 Å². The molecule has 3 aromatic rings. The highest BCUT2D eigenvalue weighted by molar-refractivity contribution is 7.93. The SMILES string of the molecule is O=C(CN1c2cccc3cccc(c23)S1(=O)=O)N1CCN(C(=O)c2ccc(F)cc2Cl)CC1. The lowest BCUT2D eigenvalue weighted by atomic mass is 10.1. The van der Waals surface area contributed by atoms with Gasteiger partial charge in [-0.2, -0.15) is 0 Å². The summed E-state index contributed by atoms with van der Waals surface area (Å²) >= 11 is 6.00. The van der Waals surface area contributed by atoms with Gasteiger partial charge < -0.3 is 9.80 Å². The molecule has 10 heteroatoms. The zero-order valence-electron chi connectivity index (χ0n) is 17.4. The number of rotatable bonds is 3. The summed E-state index contributed by atoms with van der Waals surface area (Å²) in [6.07, 6.45) is 0. The maximum absolute atomic E-state index is 13.3. The Morgan fingerprint density at radius 1 is 0.939 bits per heavy atom. The van der Waals surface area contributed by atoms with E-state index in [0.29, 0.717) is 11.1 Å². The molecule has 2 aliphatic heterocycles. The molecule has 3 aromatic carbocycles. The molecular weight excluding hydrogens is 469 g/mol. The first kappa shape index (κ1) is 21.7. The van der Waals surface area contributed by atoms with Crippen molar-refractivity contribution < 1.29 is 22.4 Å². The van der Waals surface area contributed by atoms with E-state index in [-0.39, 0.29) is 60.0 Å². The van der Waals surface area contributed by atoms with Crippen LogP contribution in [0.1, 0.15) is 10.4 Å². The molecule has 2 aliphatic rings. The molecule has 33 heavy (non-hydrogen) atoms. The van der Waals surface area contributed by atoms with E-state index in [9.17, 15) is 22.4 Å². The van der Waals surface area contributed by atoms with E-state index in [2.05, 4.69) is 0 Å². The molecule has 2 heterocycles. The lowest BCUT2D eigenvalue weighted by Gasteiger charge is -2.35. The van der Waals surface area contributed by atoms with E-state index in [4.69, 9.17) is 11.6 Å². The third kappa shape index (κ3) is 3.61. The summed E-state index contributed by atoms with van der Waals surface area (Å²) < 4.78 is 40.6. The fraction of sp³-hybridized carbons (Fsp3) is 0.217. The van der Waals surface area contributed by atoms with Crippen LogP contribution in [0.2, 0.25) is 5.02 Å². The second kappa shape index (κ2) is 8.00. The highest BCUT2D eigenvalue weighted by Crippen LogP contribution is 2.41. The van der Waals surface area contributed by atoms with E-state index >= 15 is 0 Å². The molecule has 0 spiro atoms. The maximum Gasteiger partial charge on any atom is 0.265 e. The molecule has 0 bridgehead atoms. The summed E-state index contributed by atoms with van der Waals surface area (Å²) in [4.78, 5) is 29.0. The van der Waals surface area contributed by atoms with Crippen molar-refractivity contribution in [2.24, 2.45) is 0 Å². The smallest absolute Gasteiger partial charge is 0.265 e. The zero-order valence-corrected chi connectivity index (χ0v) is 18.9. The molecule has 1 saturated heterocycles. The Morgan fingerprint density at radius 3 is 2.30 bits per heavy atom. The Bertz CT molecular complexity index is 1400. The highest BCUT2D eigenvalue weighted by atomic mass is 35.5. The summed E-state index contributed by atoms with van der Waals surface area (Å²) in [7, 11) is -3.82. The van der Waals surface area contributed by atoms with Crippen molar-refractivity contribution in [3.05, 3.63) is 71.0 Å². The zero-order chi connectivity index (χ0) is 23.3. The number of benzene rings is 3. The quantitative estimate of drug-likeness (QED) is 0.568. The molecule has 0 aromatic heterocycles. The number of hydrogen-bond donors (Lipinski definition) is 0. The van der Waals surface area contributed by atoms with Crippen LogP contribution in [0.25, 0.3) is 10.8 Å². The average molecular weight is 488 g/mol. The average Bonchev–Trinajstić information content (AvgIpc) is 3.02. The third-order valence-corrected chi connectivity index (χ3v) is 8.16. The van der Waals surface area contributed by atoms with Crippen molar-refractivity contribution >= 4 is 49.9 Å². The minimum absolute atomic E-state index is 0.0338. The van der Waals surface area contributed by atoms with E-state index in [1.54, 1.807) is 34.1 Å². The summed E-state index contributed by atoms with van der Waals surface area (Å²) in [5.41, 5.74) is 0.697. The van der Waals surface area contributed by atoms with Gasteiger partial charge in [0.05, 0.1) is 21.2 Å². The molecule has 0 aliphatic carbocycles. The van der Waals surface area contributed by atoms with Gasteiger partial charge in [0.2, 0.25) is 5.91 Å². The number of amides is 2. The van der Waals surface area contributed by atoms with Gasteiger partial charge in [-0.3, -0.25) is 13.9 Å². The monoisotopic (exact) mass is 487 g/mol. The summed E-state index contributed by atoms with van der Waals surface area (Å²) in [6.45, 7) is 0.735. The molecule has 0 N–H and O–H groups in total. The van der Waals surface area contributed by atoms with Crippen LogP contribution >= 0.6 is 11.6 Å². The van der Waals surface area contributed by atoms with E-state index < -0.39 is 15.8 Å². The molecule has 0 unspecified atom stereocenters. The van der Waals surface area contributed by atoms with E-state index in [0.717, 1.165) is 15.8 Å². The van der Waals surface area contributed by atoms with E-state index in [1.807, 2.05) is 12.1 Å². The van der Waals surface area contributed by atoms with Crippen molar-refractivity contribution in [1.82, 2.24) is 9.80 Å². The first-order valence-electron chi connectivity index (χ1n) is 10.3. The van der Waals surface area contributed by atoms with Gasteiger partial charge in [0, 0.05) is 31.6 Å². The predicted molar refractivity (Wildman–Crippen MR) is 122 cm³/mol. The first-order valence-corrected chi connectivity index (χ1v) is 12.2. The lowest BCUT2D eigenvalue weighted by molar-refractivity contribution is -0.131. The van der Waals surface area contributed by atoms with Crippen molar-refractivity contribution in [2.45, 2.75) is 4.90 Å². The number of nitrogens with zero attached hydrogens (tertiary/aromatic N) is 3. The molecule has 0 saturated carbocycles. The number of sulfonamides is 1. The Morgan fingerprint density at radius 2 is 1.61 bits per heavy atom. The predicted octanol–water partition coefficient (Wildman–Crippen LogP) is 3.13. The van der Waals surface area contributed by atoms with Crippen LogP contribution in [0, 0.1) is 5.82 Å². The van der Waals surface area contributed by atoms with Crippen LogP contribution in [0.5, 0.6) is 0 Å². The topological polar surface area (TPSA) is 78.0 Å². The van der Waals surface area contributed by atoms with Crippen LogP contribution in [-0.4, -0.2) is 62.8 Å². The minimum Gasteiger partial charge on any atom is -0.338 e. The number of carbonyl (C=O) groups excluding carboxylic acids is 2. The maximum atomic E-state index is 13.3. The second-order valence-corrected chi connectivity index (χ2v) is 10.2. The van der Waals surface area contributed by atoms with Crippen molar-refractivity contribution in [3.8, 4) is 0 Å². The van der Waals surface area contributed by atoms with Gasteiger partial charge in [-0.15, -0.1) is 0 Å². The lowest BCUT2D eigenvalue weighted by Crippen LogP contribution is -2.53. The van der Waals surface area contributed by atoms with Crippen LogP contribution in [0.15, 0.2) is 59.5 Å². The minimum atomic E-state index is -3.82. The van der Waals surface area contributed by atoms with Gasteiger partial charge in [-0.1, -0.05) is 35.9 Å². The summed E-state index contributed by atoms with van der Waals surface area (Å²) in [6, 6.07) is 14.0. The Kier molecular flexibility index (Phi) is 5.25. The molecular formula is C23H19ClFN3O4S. The number of anilines is 1. The second-order valence-electron chi connectivity index (χ2n) is 7.94. The van der Waals surface area contributed by atoms with Crippen molar-refractivity contribution in [2.75, 3.05) is 37.0 Å². The van der Waals surface area contributed by atoms with Gasteiger partial charge >= 0.3 is 0 Å². The number of carbonyl (C=O) groups is 2. The molecule has 0 atom stereocenters. The molecule has 1 fully saturated rings. The van der Waals surface area contributed by atoms with Gasteiger partial charge in [0.15, 0.2) is 0 Å². The molecule has 170 valence electrons. The Balaban J connectivity index is 1.29. The van der Waals surface area contributed by atoms with Gasteiger partial charge in [-0.05, 0) is 35.7 Å². The van der Waals surface area contributed by atoms with Crippen molar-refractivity contribution in [3.63, 3.8) is 0 Å². The first-order chi connectivity index (χ1) is 15.8. The molecule has 0 radical (unpaired) electrons. The normalized spacial score (nSPS) is 17.0. The largest absolute Gasteiger partial charge is 0.338 e. The van der Waals surface area contributed by atoms with Crippen LogP contribution in [0.4, 0.5) is 10.1 Å². The van der Waals surface area contributed by atoms with Gasteiger partial charge in [-0.25, -0.2) is 12.8 Å². The van der Waals surface area contributed by atoms with Crippen LogP contribution in [-0.2, 0) is 14.8 Å². The van der Waals surface area contributed by atoms with Crippen LogP contribution in [0.3, 0.4) is 0 Å². The van der Waals surface area contributed by atoms with Gasteiger partial charge in [0.1, 0.15) is 12.4 Å². The molecule has 7 nitrogen and oxygen atoms in total. The fourth-order valence-corrected chi connectivity index (χ4v) is 6.25. The third-order valence-electron chi connectivity index (χ3n) is 6.04. The molecule has 2 amide bonds. The van der Waals surface area contributed by atoms with E-state index in [1.165, 1.54) is 12.1 Å². The molecule has 5 rings (SSSR count). The Hall–Kier alpha value is -3.17.